The van der Waals surface area contributed by atoms with Crippen LogP contribution < -0.4 is 24.0 Å². The van der Waals surface area contributed by atoms with E-state index in [-0.39, 0.29) is 29.9 Å². The highest BCUT2D eigenvalue weighted by Crippen LogP contribution is 2.23. The summed E-state index contributed by atoms with van der Waals surface area (Å²) in [7, 11) is 4.48. The molecule has 1 fully saturated rings. The van der Waals surface area contributed by atoms with Gasteiger partial charge in [-0.1, -0.05) is 30.3 Å². The van der Waals surface area contributed by atoms with Crippen molar-refractivity contribution in [3.8, 4) is 0 Å². The smallest absolute Gasteiger partial charge is 0.166 e. The zero-order chi connectivity index (χ0) is 11.6. The van der Waals surface area contributed by atoms with Crippen LogP contribution in [0.2, 0.25) is 0 Å². The zero-order valence-corrected chi connectivity index (χ0v) is 12.7. The number of Topliss-reactive ketones (excluding diaryl/α,β-unsaturated/α-hetero) is 1. The third-order valence-corrected chi connectivity index (χ3v) is 3.59. The minimum absolute atomic E-state index is 0. The van der Waals surface area contributed by atoms with Crippen LogP contribution in [0.15, 0.2) is 30.3 Å². The molecule has 0 unspecified atom stereocenters. The molecule has 3 heteroatoms. The van der Waals surface area contributed by atoms with E-state index < -0.39 is 0 Å². The lowest BCUT2D eigenvalue weighted by Gasteiger charge is -2.36. The van der Waals surface area contributed by atoms with Gasteiger partial charge >= 0.3 is 0 Å². The summed E-state index contributed by atoms with van der Waals surface area (Å²) >= 11 is 0. The van der Waals surface area contributed by atoms with Crippen molar-refractivity contribution >= 4 is 5.78 Å². The predicted octanol–water partition coefficient (Wildman–Crippen LogP) is -0.640. The molecule has 1 aliphatic rings. The number of hydrogen-bond donors (Lipinski definition) is 0. The molecule has 17 heavy (non-hydrogen) atoms. The summed E-state index contributed by atoms with van der Waals surface area (Å²) in [6.45, 7) is 2.23. The average molecular weight is 345 g/mol. The van der Waals surface area contributed by atoms with Crippen molar-refractivity contribution in [2.24, 2.45) is 5.92 Å². The molecule has 0 radical (unpaired) electrons. The quantitative estimate of drug-likeness (QED) is 0.396. The number of hydrogen-bond acceptors (Lipinski definition) is 1. The molecular weight excluding hydrogens is 325 g/mol. The third kappa shape index (κ3) is 3.78. The normalized spacial score (nSPS) is 19.4. The monoisotopic (exact) mass is 345 g/mol. The molecule has 0 aliphatic carbocycles. The van der Waals surface area contributed by atoms with Gasteiger partial charge in [-0.25, -0.2) is 0 Å². The van der Waals surface area contributed by atoms with Crippen LogP contribution in [0.3, 0.4) is 0 Å². The van der Waals surface area contributed by atoms with Crippen molar-refractivity contribution in [1.29, 1.82) is 0 Å². The summed E-state index contributed by atoms with van der Waals surface area (Å²) in [5, 5.41) is 0. The number of carbonyl (C=O) groups excluding carboxylic acids is 1. The van der Waals surface area contributed by atoms with E-state index in [0.29, 0.717) is 5.78 Å². The van der Waals surface area contributed by atoms with Crippen LogP contribution in [0.5, 0.6) is 0 Å². The van der Waals surface area contributed by atoms with Crippen molar-refractivity contribution in [3.05, 3.63) is 35.9 Å². The van der Waals surface area contributed by atoms with Gasteiger partial charge in [0.25, 0.3) is 0 Å². The maximum atomic E-state index is 12.2. The Hall–Kier alpha value is -0.420. The van der Waals surface area contributed by atoms with Gasteiger partial charge in [0.15, 0.2) is 5.78 Å². The summed E-state index contributed by atoms with van der Waals surface area (Å²) in [6, 6.07) is 9.69. The molecule has 0 bridgehead atoms. The second-order valence-electron chi connectivity index (χ2n) is 5.39. The first-order valence-electron chi connectivity index (χ1n) is 6.00. The van der Waals surface area contributed by atoms with Crippen molar-refractivity contribution in [3.63, 3.8) is 0 Å². The van der Waals surface area contributed by atoms with Crippen molar-refractivity contribution in [1.82, 2.24) is 0 Å². The number of piperidine rings is 1. The number of ketones is 1. The molecule has 1 aromatic rings. The van der Waals surface area contributed by atoms with Crippen LogP contribution in [-0.4, -0.2) is 37.5 Å². The minimum atomic E-state index is 0. The topological polar surface area (TPSA) is 17.1 Å². The molecule has 1 aromatic carbocycles. The minimum Gasteiger partial charge on any atom is -1.00 e. The van der Waals surface area contributed by atoms with Crippen molar-refractivity contribution in [2.45, 2.75) is 12.8 Å². The Morgan fingerprint density at radius 1 is 1.12 bits per heavy atom. The van der Waals surface area contributed by atoms with Crippen molar-refractivity contribution in [2.75, 3.05) is 27.2 Å². The van der Waals surface area contributed by atoms with Gasteiger partial charge in [0.2, 0.25) is 0 Å². The van der Waals surface area contributed by atoms with E-state index in [1.165, 1.54) is 0 Å². The molecule has 0 N–H and O–H groups in total. The number of likely N-dealkylation sites (tertiary alicyclic amines) is 1. The van der Waals surface area contributed by atoms with Gasteiger partial charge in [-0.2, -0.15) is 0 Å². The highest BCUT2D eigenvalue weighted by atomic mass is 127. The summed E-state index contributed by atoms with van der Waals surface area (Å²) in [6.07, 6.45) is 2.06. The van der Waals surface area contributed by atoms with E-state index in [4.69, 9.17) is 0 Å². The van der Waals surface area contributed by atoms with E-state index in [1.54, 1.807) is 0 Å². The van der Waals surface area contributed by atoms with E-state index >= 15 is 0 Å². The number of nitrogens with zero attached hydrogens (tertiary/aromatic N) is 1. The van der Waals surface area contributed by atoms with Gasteiger partial charge in [-0.15, -0.1) is 0 Å². The van der Waals surface area contributed by atoms with E-state index in [2.05, 4.69) is 14.1 Å². The lowest BCUT2D eigenvalue weighted by atomic mass is 9.88. The molecule has 1 aliphatic heterocycles. The van der Waals surface area contributed by atoms with E-state index in [0.717, 1.165) is 36.0 Å². The highest BCUT2D eigenvalue weighted by molar-refractivity contribution is 5.97. The highest BCUT2D eigenvalue weighted by Gasteiger charge is 2.30. The Morgan fingerprint density at radius 2 is 1.65 bits per heavy atom. The lowest BCUT2D eigenvalue weighted by Crippen LogP contribution is -3.00. The fourth-order valence-electron chi connectivity index (χ4n) is 2.37. The maximum absolute atomic E-state index is 12.2. The molecule has 0 amide bonds. The fraction of sp³-hybridized carbons (Fsp3) is 0.500. The number of halogens is 1. The second kappa shape index (κ2) is 5.96. The number of carbonyl (C=O) groups is 1. The van der Waals surface area contributed by atoms with Gasteiger partial charge in [0.1, 0.15) is 0 Å². The first-order valence-corrected chi connectivity index (χ1v) is 6.00. The summed E-state index contributed by atoms with van der Waals surface area (Å²) in [4.78, 5) is 12.2. The van der Waals surface area contributed by atoms with Crippen LogP contribution in [0.1, 0.15) is 23.2 Å². The van der Waals surface area contributed by atoms with Crippen LogP contribution >= 0.6 is 0 Å². The second-order valence-corrected chi connectivity index (χ2v) is 5.39. The van der Waals surface area contributed by atoms with Crippen LogP contribution in [-0.2, 0) is 0 Å². The molecule has 0 saturated carbocycles. The number of benzene rings is 1. The summed E-state index contributed by atoms with van der Waals surface area (Å²) in [5.41, 5.74) is 0.875. The molecular formula is C14H20INO. The van der Waals surface area contributed by atoms with Crippen LogP contribution in [0, 0.1) is 5.92 Å². The van der Waals surface area contributed by atoms with Gasteiger partial charge in [0, 0.05) is 24.3 Å². The predicted molar refractivity (Wildman–Crippen MR) is 65.3 cm³/mol. The fourth-order valence-corrected chi connectivity index (χ4v) is 2.37. The molecule has 1 heterocycles. The standard InChI is InChI=1S/C14H20NO.HI/c1-15(2)10-8-13(9-11-15)14(16)12-6-4-3-5-7-12;/h3-7,13H,8-11H2,1-2H3;1H/q+1;/p-1. The molecule has 0 aromatic heterocycles. The Morgan fingerprint density at radius 3 is 2.18 bits per heavy atom. The molecule has 94 valence electrons. The van der Waals surface area contributed by atoms with Gasteiger partial charge in [-0.05, 0) is 0 Å². The Kier molecular flexibility index (Phi) is 5.13. The molecule has 1 saturated heterocycles. The van der Waals surface area contributed by atoms with Gasteiger partial charge in [-0.3, -0.25) is 4.79 Å². The van der Waals surface area contributed by atoms with Crippen LogP contribution in [0.4, 0.5) is 0 Å². The molecule has 2 nitrogen and oxygen atoms in total. The van der Waals surface area contributed by atoms with Gasteiger partial charge < -0.3 is 28.5 Å². The SMILES string of the molecule is C[N+]1(C)CCC(C(=O)c2ccccc2)CC1.[I-]. The first kappa shape index (κ1) is 14.6. The number of quaternary nitrogens is 1. The zero-order valence-electron chi connectivity index (χ0n) is 10.5. The molecule has 0 atom stereocenters. The van der Waals surface area contributed by atoms with Crippen LogP contribution in [0.25, 0.3) is 0 Å². The Bertz CT molecular complexity index is 365. The Balaban J connectivity index is 0.00000144. The lowest BCUT2D eigenvalue weighted by molar-refractivity contribution is -0.895. The number of rotatable bonds is 2. The van der Waals surface area contributed by atoms with E-state index in [1.807, 2.05) is 30.3 Å². The largest absolute Gasteiger partial charge is 1.00 e. The Labute approximate surface area is 121 Å². The summed E-state index contributed by atoms with van der Waals surface area (Å²) in [5.74, 6) is 0.578. The van der Waals surface area contributed by atoms with Crippen molar-refractivity contribution < 1.29 is 33.3 Å². The maximum Gasteiger partial charge on any atom is 0.166 e. The average Bonchev–Trinajstić information content (AvgIpc) is 2.29. The molecule has 2 rings (SSSR count). The van der Waals surface area contributed by atoms with E-state index in [9.17, 15) is 4.79 Å². The summed E-state index contributed by atoms with van der Waals surface area (Å²) < 4.78 is 1.05. The third-order valence-electron chi connectivity index (χ3n) is 3.59. The molecule has 0 spiro atoms. The first-order chi connectivity index (χ1) is 7.58. The van der Waals surface area contributed by atoms with Gasteiger partial charge in [0.05, 0.1) is 27.2 Å².